The van der Waals surface area contributed by atoms with Crippen LogP contribution in [-0.4, -0.2) is 4.57 Å². The van der Waals surface area contributed by atoms with Crippen molar-refractivity contribution in [2.24, 2.45) is 0 Å². The van der Waals surface area contributed by atoms with E-state index in [9.17, 15) is 0 Å². The lowest BCUT2D eigenvalue weighted by Crippen LogP contribution is -1.99. The maximum Gasteiger partial charge on any atom is 0.0620 e. The molecule has 1 nitrogen and oxygen atoms in total. The van der Waals surface area contributed by atoms with Crippen molar-refractivity contribution in [3.05, 3.63) is 193 Å². The molecule has 0 atom stereocenters. The molecule has 0 aliphatic heterocycles. The second-order valence-electron chi connectivity index (χ2n) is 14.8. The lowest BCUT2D eigenvalue weighted by molar-refractivity contribution is 1.19. The molecule has 0 saturated heterocycles. The van der Waals surface area contributed by atoms with E-state index in [1.165, 1.54) is 115 Å². The molecule has 0 bridgehead atoms. The Bertz CT molecular complexity index is 3400. The van der Waals surface area contributed by atoms with Crippen LogP contribution in [0.5, 0.6) is 0 Å². The van der Waals surface area contributed by atoms with Crippen LogP contribution in [0, 0.1) is 0 Å². The van der Waals surface area contributed by atoms with Crippen LogP contribution < -0.4 is 0 Å². The summed E-state index contributed by atoms with van der Waals surface area (Å²) in [6, 6.07) is 65.4. The summed E-state index contributed by atoms with van der Waals surface area (Å²) in [7, 11) is 0. The molecule has 0 fully saturated rings. The molecule has 0 N–H and O–H groups in total. The Morgan fingerprint density at radius 2 is 1.06 bits per heavy atom. The number of allylic oxidation sites excluding steroid dienone is 1. The summed E-state index contributed by atoms with van der Waals surface area (Å²) in [5.41, 5.74) is 11.4. The van der Waals surface area contributed by atoms with Gasteiger partial charge in [-0.1, -0.05) is 146 Å². The summed E-state index contributed by atoms with van der Waals surface area (Å²) >= 11 is 0. The van der Waals surface area contributed by atoms with E-state index in [1.54, 1.807) is 0 Å². The van der Waals surface area contributed by atoms with Crippen molar-refractivity contribution >= 4 is 81.7 Å². The number of rotatable bonds is 3. The molecule has 1 aliphatic rings. The van der Waals surface area contributed by atoms with Gasteiger partial charge in [-0.3, -0.25) is 0 Å². The monoisotopic (exact) mass is 683 g/mol. The second-order valence-corrected chi connectivity index (χ2v) is 14.8. The molecular formula is C53H33N. The highest BCUT2D eigenvalue weighted by Gasteiger charge is 2.23. The van der Waals surface area contributed by atoms with Crippen molar-refractivity contribution in [1.82, 2.24) is 4.57 Å². The van der Waals surface area contributed by atoms with Crippen molar-refractivity contribution in [2.45, 2.75) is 6.42 Å². The van der Waals surface area contributed by atoms with E-state index in [2.05, 4.69) is 193 Å². The van der Waals surface area contributed by atoms with Gasteiger partial charge in [0, 0.05) is 21.8 Å². The van der Waals surface area contributed by atoms with E-state index in [-0.39, 0.29) is 0 Å². The summed E-state index contributed by atoms with van der Waals surface area (Å²) in [4.78, 5) is 0. The predicted octanol–water partition coefficient (Wildman–Crippen LogP) is 14.5. The van der Waals surface area contributed by atoms with Gasteiger partial charge in [-0.05, 0) is 131 Å². The van der Waals surface area contributed by atoms with E-state index < -0.39 is 0 Å². The highest BCUT2D eigenvalue weighted by Crippen LogP contribution is 2.46. The average Bonchev–Trinajstić information content (AvgIpc) is 3.56. The normalized spacial score (nSPS) is 12.7. The van der Waals surface area contributed by atoms with Crippen molar-refractivity contribution in [2.75, 3.05) is 0 Å². The van der Waals surface area contributed by atoms with Crippen LogP contribution in [-0.2, 0) is 6.42 Å². The first-order valence-electron chi connectivity index (χ1n) is 18.9. The third kappa shape index (κ3) is 4.21. The number of nitrogens with zero attached hydrogens (tertiary/aromatic N) is 1. The Kier molecular flexibility index (Phi) is 6.18. The minimum atomic E-state index is 0.902. The molecule has 0 saturated carbocycles. The molecule has 1 heterocycles. The maximum absolute atomic E-state index is 2.52. The summed E-state index contributed by atoms with van der Waals surface area (Å²) in [5, 5.41) is 15.6. The van der Waals surface area contributed by atoms with Crippen LogP contribution in [0.4, 0.5) is 0 Å². The van der Waals surface area contributed by atoms with E-state index in [0.29, 0.717) is 0 Å². The number of fused-ring (bicyclic) bond motifs is 11. The molecule has 0 radical (unpaired) electrons. The van der Waals surface area contributed by atoms with E-state index in [4.69, 9.17) is 0 Å². The number of hydrogen-bond acceptors (Lipinski definition) is 0. The summed E-state index contributed by atoms with van der Waals surface area (Å²) in [6.07, 6.45) is 5.60. The molecule has 0 spiro atoms. The van der Waals surface area contributed by atoms with Gasteiger partial charge in [0.25, 0.3) is 0 Å². The van der Waals surface area contributed by atoms with E-state index in [1.807, 2.05) is 0 Å². The number of hydrogen-bond donors (Lipinski definition) is 0. The molecule has 1 aliphatic carbocycles. The Morgan fingerprint density at radius 1 is 0.389 bits per heavy atom. The van der Waals surface area contributed by atoms with E-state index in [0.717, 1.165) is 6.42 Å². The van der Waals surface area contributed by atoms with Gasteiger partial charge in [0.1, 0.15) is 0 Å². The molecular weight excluding hydrogens is 651 g/mol. The van der Waals surface area contributed by atoms with Crippen LogP contribution in [0.2, 0.25) is 0 Å². The number of para-hydroxylation sites is 1. The SMILES string of the molecule is C1=Cc2cc3c4cc5c6ccccc6c6ccccc6c5cc4n(-c4ccccc4)c3c3ccc(-c4cccc(-c5ccc6ccccc6c5)c4)c(c23)C1. The van der Waals surface area contributed by atoms with Crippen LogP contribution in [0.3, 0.4) is 0 Å². The zero-order valence-electron chi connectivity index (χ0n) is 29.6. The quantitative estimate of drug-likeness (QED) is 0.163. The van der Waals surface area contributed by atoms with E-state index >= 15 is 0 Å². The molecule has 250 valence electrons. The molecule has 0 amide bonds. The standard InChI is InChI=1S/C53H33N/c1-2-17-39(18-3-1)54-51-32-48-44-22-9-7-20-42(44)41-19-6-8-21-43(41)47(48)31-49(51)50-30-38-16-11-23-45-40(26-27-46(52(38)45)53(50)54)37-15-10-14-35(29-37)36-25-24-33-12-4-5-13-34(33)28-36/h1-22,24-32H,23H2. The van der Waals surface area contributed by atoms with Gasteiger partial charge < -0.3 is 4.57 Å². The van der Waals surface area contributed by atoms with Gasteiger partial charge in [0.05, 0.1) is 11.0 Å². The topological polar surface area (TPSA) is 4.93 Å². The largest absolute Gasteiger partial charge is 0.309 e. The van der Waals surface area contributed by atoms with Crippen molar-refractivity contribution in [1.29, 1.82) is 0 Å². The molecule has 11 aromatic rings. The number of benzene rings is 10. The zero-order valence-corrected chi connectivity index (χ0v) is 29.6. The molecule has 0 unspecified atom stereocenters. The zero-order chi connectivity index (χ0) is 35.3. The third-order valence-electron chi connectivity index (χ3n) is 11.9. The molecule has 1 heteroatoms. The lowest BCUT2D eigenvalue weighted by atomic mass is 9.85. The fourth-order valence-electron chi connectivity index (χ4n) is 9.52. The van der Waals surface area contributed by atoms with Gasteiger partial charge in [-0.15, -0.1) is 0 Å². The Hall–Kier alpha value is -6.96. The van der Waals surface area contributed by atoms with Crippen molar-refractivity contribution in [3.63, 3.8) is 0 Å². The predicted molar refractivity (Wildman–Crippen MR) is 232 cm³/mol. The highest BCUT2D eigenvalue weighted by atomic mass is 15.0. The van der Waals surface area contributed by atoms with Crippen molar-refractivity contribution in [3.8, 4) is 27.9 Å². The summed E-state index contributed by atoms with van der Waals surface area (Å²) < 4.78 is 2.52. The average molecular weight is 684 g/mol. The minimum absolute atomic E-state index is 0.902. The van der Waals surface area contributed by atoms with Gasteiger partial charge in [0.15, 0.2) is 0 Å². The first kappa shape index (κ1) is 29.6. The van der Waals surface area contributed by atoms with Gasteiger partial charge in [-0.25, -0.2) is 0 Å². The van der Waals surface area contributed by atoms with Crippen molar-refractivity contribution < 1.29 is 0 Å². The lowest BCUT2D eigenvalue weighted by Gasteiger charge is -2.20. The van der Waals surface area contributed by atoms with Gasteiger partial charge >= 0.3 is 0 Å². The van der Waals surface area contributed by atoms with Crippen LogP contribution in [0.1, 0.15) is 11.1 Å². The Labute approximate surface area is 312 Å². The Balaban J connectivity index is 1.16. The smallest absolute Gasteiger partial charge is 0.0620 e. The molecule has 1 aromatic heterocycles. The summed E-state index contributed by atoms with van der Waals surface area (Å²) in [6.45, 7) is 0. The highest BCUT2D eigenvalue weighted by molar-refractivity contribution is 6.30. The fraction of sp³-hybridized carbons (Fsp3) is 0.0189. The minimum Gasteiger partial charge on any atom is -0.309 e. The van der Waals surface area contributed by atoms with Gasteiger partial charge in [0.2, 0.25) is 0 Å². The fourth-order valence-corrected chi connectivity index (χ4v) is 9.52. The number of aromatic nitrogens is 1. The van der Waals surface area contributed by atoms with Crippen LogP contribution in [0.25, 0.3) is 110 Å². The third-order valence-corrected chi connectivity index (χ3v) is 11.9. The van der Waals surface area contributed by atoms with Crippen LogP contribution in [0.15, 0.2) is 182 Å². The Morgan fingerprint density at radius 3 is 1.85 bits per heavy atom. The molecule has 54 heavy (non-hydrogen) atoms. The maximum atomic E-state index is 2.52. The first-order valence-corrected chi connectivity index (χ1v) is 18.9. The second kappa shape index (κ2) is 11.3. The molecule has 12 rings (SSSR count). The molecule has 10 aromatic carbocycles. The first-order chi connectivity index (χ1) is 26.8. The summed E-state index contributed by atoms with van der Waals surface area (Å²) in [5.74, 6) is 0. The van der Waals surface area contributed by atoms with Gasteiger partial charge in [-0.2, -0.15) is 0 Å². The van der Waals surface area contributed by atoms with Crippen LogP contribution >= 0.6 is 0 Å².